The summed E-state index contributed by atoms with van der Waals surface area (Å²) in [6.07, 6.45) is 2.72. The van der Waals surface area contributed by atoms with Gasteiger partial charge in [0.2, 0.25) is 5.91 Å². The smallest absolute Gasteiger partial charge is 0.220 e. The van der Waals surface area contributed by atoms with E-state index in [-0.39, 0.29) is 19.1 Å². The van der Waals surface area contributed by atoms with Gasteiger partial charge in [-0.2, -0.15) is 11.8 Å². The Kier molecular flexibility index (Phi) is 6.05. The Labute approximate surface area is 94.4 Å². The lowest BCUT2D eigenvalue weighted by molar-refractivity contribution is -0.123. The summed E-state index contributed by atoms with van der Waals surface area (Å²) in [6, 6.07) is -0.504. The van der Waals surface area contributed by atoms with Gasteiger partial charge >= 0.3 is 0 Å². The maximum absolute atomic E-state index is 11.5. The number of thioether (sulfide) groups is 1. The van der Waals surface area contributed by atoms with Crippen molar-refractivity contribution in [3.05, 3.63) is 0 Å². The number of rotatable bonds is 5. The van der Waals surface area contributed by atoms with E-state index in [1.54, 1.807) is 0 Å². The minimum absolute atomic E-state index is 0.0556. The number of carbonyl (C=O) groups excluding carboxylic acids is 1. The molecule has 1 aliphatic rings. The molecule has 0 aromatic heterocycles. The second kappa shape index (κ2) is 7.09. The van der Waals surface area contributed by atoms with E-state index in [1.807, 2.05) is 11.8 Å². The van der Waals surface area contributed by atoms with Gasteiger partial charge in [-0.15, -0.1) is 0 Å². The zero-order valence-electron chi connectivity index (χ0n) is 8.82. The molecule has 1 fully saturated rings. The minimum atomic E-state index is -0.504. The van der Waals surface area contributed by atoms with Crippen LogP contribution >= 0.6 is 11.8 Å². The van der Waals surface area contributed by atoms with Gasteiger partial charge in [0.25, 0.3) is 0 Å². The Hall–Kier alpha value is -0.260. The fourth-order valence-corrected chi connectivity index (χ4v) is 2.85. The monoisotopic (exact) mass is 233 g/mol. The number of amides is 1. The van der Waals surface area contributed by atoms with Gasteiger partial charge in [-0.1, -0.05) is 0 Å². The lowest BCUT2D eigenvalue weighted by Gasteiger charge is -2.21. The summed E-state index contributed by atoms with van der Waals surface area (Å²) in [5.41, 5.74) is 0. The average molecular weight is 233 g/mol. The van der Waals surface area contributed by atoms with Crippen molar-refractivity contribution in [2.45, 2.75) is 25.3 Å². The van der Waals surface area contributed by atoms with E-state index < -0.39 is 6.04 Å². The highest BCUT2D eigenvalue weighted by Crippen LogP contribution is 2.24. The molecule has 0 aromatic carbocycles. The van der Waals surface area contributed by atoms with E-state index in [9.17, 15) is 4.79 Å². The average Bonchev–Trinajstić information content (AvgIpc) is 2.27. The molecule has 0 bridgehead atoms. The molecule has 0 spiro atoms. The van der Waals surface area contributed by atoms with E-state index in [0.717, 1.165) is 24.3 Å². The summed E-state index contributed by atoms with van der Waals surface area (Å²) in [6.45, 7) is -0.411. The molecule has 1 saturated heterocycles. The first-order valence-corrected chi connectivity index (χ1v) is 6.50. The van der Waals surface area contributed by atoms with Crippen LogP contribution in [0.1, 0.15) is 19.3 Å². The zero-order chi connectivity index (χ0) is 11.1. The molecular weight excluding hydrogens is 214 g/mol. The van der Waals surface area contributed by atoms with Crippen LogP contribution in [0.15, 0.2) is 0 Å². The van der Waals surface area contributed by atoms with Crippen LogP contribution in [0.4, 0.5) is 0 Å². The lowest BCUT2D eigenvalue weighted by atomic mass is 9.98. The Morgan fingerprint density at radius 3 is 2.47 bits per heavy atom. The van der Waals surface area contributed by atoms with Crippen molar-refractivity contribution in [2.75, 3.05) is 24.7 Å². The van der Waals surface area contributed by atoms with Gasteiger partial charge in [-0.3, -0.25) is 4.79 Å². The standard InChI is InChI=1S/C10H19NO3S/c12-6-9(7-13)11-10(14)5-8-1-3-15-4-2-8/h8-9,12-13H,1-7H2,(H,11,14). The quantitative estimate of drug-likeness (QED) is 0.624. The number of hydrogen-bond donors (Lipinski definition) is 3. The highest BCUT2D eigenvalue weighted by atomic mass is 32.2. The molecule has 0 unspecified atom stereocenters. The van der Waals surface area contributed by atoms with Crippen LogP contribution in [0.2, 0.25) is 0 Å². The first kappa shape index (κ1) is 12.8. The third-order valence-corrected chi connectivity index (χ3v) is 3.67. The fourth-order valence-electron chi connectivity index (χ4n) is 1.65. The Morgan fingerprint density at radius 1 is 1.33 bits per heavy atom. The van der Waals surface area contributed by atoms with E-state index in [0.29, 0.717) is 12.3 Å². The predicted octanol–water partition coefficient (Wildman–Crippen LogP) is -0.0109. The zero-order valence-corrected chi connectivity index (χ0v) is 9.63. The molecule has 4 nitrogen and oxygen atoms in total. The van der Waals surface area contributed by atoms with Crippen LogP contribution in [0.5, 0.6) is 0 Å². The molecule has 1 amide bonds. The number of nitrogens with one attached hydrogen (secondary N) is 1. The normalized spacial score (nSPS) is 18.1. The Balaban J connectivity index is 2.21. The topological polar surface area (TPSA) is 69.6 Å². The van der Waals surface area contributed by atoms with Crippen LogP contribution in [0.25, 0.3) is 0 Å². The van der Waals surface area contributed by atoms with Gasteiger partial charge < -0.3 is 15.5 Å². The van der Waals surface area contributed by atoms with Crippen LogP contribution in [-0.4, -0.2) is 46.9 Å². The first-order valence-electron chi connectivity index (χ1n) is 5.35. The number of hydrogen-bond acceptors (Lipinski definition) is 4. The van der Waals surface area contributed by atoms with Crippen molar-refractivity contribution >= 4 is 17.7 Å². The van der Waals surface area contributed by atoms with Crippen molar-refractivity contribution in [2.24, 2.45) is 5.92 Å². The Morgan fingerprint density at radius 2 is 1.93 bits per heavy atom. The molecule has 1 aliphatic heterocycles. The first-order chi connectivity index (χ1) is 7.26. The SMILES string of the molecule is O=C(CC1CCSCC1)NC(CO)CO. The maximum Gasteiger partial charge on any atom is 0.220 e. The third-order valence-electron chi connectivity index (χ3n) is 2.62. The van der Waals surface area contributed by atoms with Crippen molar-refractivity contribution in [3.8, 4) is 0 Å². The van der Waals surface area contributed by atoms with Gasteiger partial charge in [-0.05, 0) is 30.3 Å². The molecule has 1 heterocycles. The molecular formula is C10H19NO3S. The molecule has 88 valence electrons. The molecule has 0 aliphatic carbocycles. The van der Waals surface area contributed by atoms with Gasteiger partial charge in [0.05, 0.1) is 19.3 Å². The van der Waals surface area contributed by atoms with Crippen molar-refractivity contribution < 1.29 is 15.0 Å². The predicted molar refractivity (Wildman–Crippen MR) is 60.8 cm³/mol. The van der Waals surface area contributed by atoms with E-state index in [2.05, 4.69) is 5.32 Å². The van der Waals surface area contributed by atoms with E-state index in [1.165, 1.54) is 0 Å². The summed E-state index contributed by atoms with van der Waals surface area (Å²) in [5, 5.41) is 20.2. The summed E-state index contributed by atoms with van der Waals surface area (Å²) in [5.74, 6) is 2.70. The molecule has 0 aromatic rings. The highest BCUT2D eigenvalue weighted by molar-refractivity contribution is 7.99. The summed E-state index contributed by atoms with van der Waals surface area (Å²) >= 11 is 1.94. The highest BCUT2D eigenvalue weighted by Gasteiger charge is 2.18. The fraction of sp³-hybridized carbons (Fsp3) is 0.900. The van der Waals surface area contributed by atoms with E-state index >= 15 is 0 Å². The minimum Gasteiger partial charge on any atom is -0.394 e. The second-order valence-corrected chi connectivity index (χ2v) is 5.11. The maximum atomic E-state index is 11.5. The molecule has 5 heteroatoms. The van der Waals surface area contributed by atoms with E-state index in [4.69, 9.17) is 10.2 Å². The molecule has 0 atom stereocenters. The largest absolute Gasteiger partial charge is 0.394 e. The van der Waals surface area contributed by atoms with Crippen LogP contribution < -0.4 is 5.32 Å². The van der Waals surface area contributed by atoms with Gasteiger partial charge in [-0.25, -0.2) is 0 Å². The lowest BCUT2D eigenvalue weighted by Crippen LogP contribution is -2.40. The number of aliphatic hydroxyl groups is 2. The van der Waals surface area contributed by atoms with Crippen molar-refractivity contribution in [1.29, 1.82) is 0 Å². The number of carbonyl (C=O) groups is 1. The van der Waals surface area contributed by atoms with Crippen molar-refractivity contribution in [1.82, 2.24) is 5.32 Å². The molecule has 3 N–H and O–H groups in total. The molecule has 0 radical (unpaired) electrons. The molecule has 15 heavy (non-hydrogen) atoms. The third kappa shape index (κ3) is 4.86. The summed E-state index contributed by atoms with van der Waals surface area (Å²) in [7, 11) is 0. The Bertz CT molecular complexity index is 191. The van der Waals surface area contributed by atoms with Gasteiger partial charge in [0.1, 0.15) is 0 Å². The summed E-state index contributed by atoms with van der Waals surface area (Å²) in [4.78, 5) is 11.5. The van der Waals surface area contributed by atoms with Crippen LogP contribution in [-0.2, 0) is 4.79 Å². The van der Waals surface area contributed by atoms with Crippen LogP contribution in [0.3, 0.4) is 0 Å². The van der Waals surface area contributed by atoms with Gasteiger partial charge in [0.15, 0.2) is 0 Å². The molecule has 0 saturated carbocycles. The van der Waals surface area contributed by atoms with Crippen molar-refractivity contribution in [3.63, 3.8) is 0 Å². The van der Waals surface area contributed by atoms with Crippen LogP contribution in [0, 0.1) is 5.92 Å². The second-order valence-electron chi connectivity index (χ2n) is 3.89. The van der Waals surface area contributed by atoms with Gasteiger partial charge in [0, 0.05) is 6.42 Å². The number of aliphatic hydroxyl groups excluding tert-OH is 2. The summed E-state index contributed by atoms with van der Waals surface area (Å²) < 4.78 is 0. The molecule has 1 rings (SSSR count).